The lowest BCUT2D eigenvalue weighted by Crippen LogP contribution is -2.23. The Morgan fingerprint density at radius 2 is 1.96 bits per heavy atom. The standard InChI is InChI=1S/C19H17F2N3O2S/c1-11-3-5-13(6-4-11)18-23-17(26-24-18)10-27-12(2)19(25)22-16-8-7-14(20)9-15(16)21/h3-9,12H,10H2,1-2H3,(H,22,25). The van der Waals surface area contributed by atoms with Crippen LogP contribution in [0.5, 0.6) is 0 Å². The van der Waals surface area contributed by atoms with Gasteiger partial charge in [0.2, 0.25) is 17.6 Å². The molecule has 3 rings (SSSR count). The number of nitrogens with one attached hydrogen (secondary N) is 1. The van der Waals surface area contributed by atoms with Crippen LogP contribution in [0.4, 0.5) is 14.5 Å². The van der Waals surface area contributed by atoms with Crippen molar-refractivity contribution in [3.63, 3.8) is 0 Å². The molecule has 0 aliphatic rings. The molecule has 1 atom stereocenters. The van der Waals surface area contributed by atoms with Crippen LogP contribution in [0.3, 0.4) is 0 Å². The second kappa shape index (κ2) is 8.30. The normalized spacial score (nSPS) is 12.0. The highest BCUT2D eigenvalue weighted by Gasteiger charge is 2.17. The summed E-state index contributed by atoms with van der Waals surface area (Å²) < 4.78 is 31.7. The van der Waals surface area contributed by atoms with E-state index < -0.39 is 22.8 Å². The van der Waals surface area contributed by atoms with Crippen LogP contribution >= 0.6 is 11.8 Å². The molecule has 3 aromatic rings. The first-order valence-electron chi connectivity index (χ1n) is 8.19. The highest BCUT2D eigenvalue weighted by molar-refractivity contribution is 7.99. The highest BCUT2D eigenvalue weighted by Crippen LogP contribution is 2.22. The zero-order valence-electron chi connectivity index (χ0n) is 14.7. The maximum absolute atomic E-state index is 13.6. The van der Waals surface area contributed by atoms with E-state index in [9.17, 15) is 13.6 Å². The van der Waals surface area contributed by atoms with Crippen LogP contribution in [-0.4, -0.2) is 21.3 Å². The number of halogens is 2. The van der Waals surface area contributed by atoms with Crippen molar-refractivity contribution >= 4 is 23.4 Å². The van der Waals surface area contributed by atoms with Crippen LogP contribution in [0, 0.1) is 18.6 Å². The number of amides is 1. The van der Waals surface area contributed by atoms with Gasteiger partial charge in [0, 0.05) is 11.6 Å². The third kappa shape index (κ3) is 4.91. The largest absolute Gasteiger partial charge is 0.338 e. The van der Waals surface area contributed by atoms with Gasteiger partial charge in [-0.3, -0.25) is 4.79 Å². The number of hydrogen-bond donors (Lipinski definition) is 1. The van der Waals surface area contributed by atoms with Gasteiger partial charge in [-0.1, -0.05) is 35.0 Å². The quantitative estimate of drug-likeness (QED) is 0.668. The van der Waals surface area contributed by atoms with E-state index in [1.807, 2.05) is 31.2 Å². The minimum Gasteiger partial charge on any atom is -0.338 e. The van der Waals surface area contributed by atoms with Gasteiger partial charge in [-0.25, -0.2) is 8.78 Å². The Labute approximate surface area is 159 Å². The van der Waals surface area contributed by atoms with Gasteiger partial charge in [0.15, 0.2) is 0 Å². The SMILES string of the molecule is Cc1ccc(-c2noc(CSC(C)C(=O)Nc3ccc(F)cc3F)n2)cc1. The van der Waals surface area contributed by atoms with E-state index in [1.54, 1.807) is 6.92 Å². The van der Waals surface area contributed by atoms with Gasteiger partial charge in [-0.2, -0.15) is 4.98 Å². The summed E-state index contributed by atoms with van der Waals surface area (Å²) in [7, 11) is 0. The number of aryl methyl sites for hydroxylation is 1. The van der Waals surface area contributed by atoms with Crippen LogP contribution in [0.25, 0.3) is 11.4 Å². The Bertz CT molecular complexity index is 944. The lowest BCUT2D eigenvalue weighted by molar-refractivity contribution is -0.115. The van der Waals surface area contributed by atoms with E-state index in [2.05, 4.69) is 15.5 Å². The summed E-state index contributed by atoms with van der Waals surface area (Å²) >= 11 is 1.27. The van der Waals surface area contributed by atoms with Crippen molar-refractivity contribution in [1.82, 2.24) is 10.1 Å². The van der Waals surface area contributed by atoms with Gasteiger partial charge in [-0.05, 0) is 26.0 Å². The first-order valence-corrected chi connectivity index (χ1v) is 9.24. The molecular weight excluding hydrogens is 372 g/mol. The molecule has 0 bridgehead atoms. The molecule has 1 amide bonds. The van der Waals surface area contributed by atoms with E-state index in [1.165, 1.54) is 17.8 Å². The molecule has 1 unspecified atom stereocenters. The van der Waals surface area contributed by atoms with Gasteiger partial charge >= 0.3 is 0 Å². The number of rotatable bonds is 6. The van der Waals surface area contributed by atoms with Gasteiger partial charge in [-0.15, -0.1) is 11.8 Å². The summed E-state index contributed by atoms with van der Waals surface area (Å²) in [6, 6.07) is 10.7. The van der Waals surface area contributed by atoms with Crippen molar-refractivity contribution in [2.75, 3.05) is 5.32 Å². The smallest absolute Gasteiger partial charge is 0.237 e. The maximum Gasteiger partial charge on any atom is 0.237 e. The van der Waals surface area contributed by atoms with Gasteiger partial charge in [0.05, 0.1) is 16.7 Å². The molecule has 0 aliphatic heterocycles. The van der Waals surface area contributed by atoms with E-state index in [-0.39, 0.29) is 5.69 Å². The van der Waals surface area contributed by atoms with E-state index in [4.69, 9.17) is 4.52 Å². The molecule has 0 spiro atoms. The molecule has 1 N–H and O–H groups in total. The molecule has 1 aromatic heterocycles. The average Bonchev–Trinajstić information content (AvgIpc) is 3.11. The third-order valence-corrected chi connectivity index (χ3v) is 4.92. The van der Waals surface area contributed by atoms with Crippen molar-refractivity contribution in [3.05, 3.63) is 65.6 Å². The predicted octanol–water partition coefficient (Wildman–Crippen LogP) is 4.58. The molecular formula is C19H17F2N3O2S. The number of hydrogen-bond acceptors (Lipinski definition) is 5. The monoisotopic (exact) mass is 389 g/mol. The van der Waals surface area contributed by atoms with Crippen molar-refractivity contribution in [2.45, 2.75) is 24.9 Å². The van der Waals surface area contributed by atoms with Crippen LogP contribution < -0.4 is 5.32 Å². The number of aromatic nitrogens is 2. The fourth-order valence-electron chi connectivity index (χ4n) is 2.23. The molecule has 8 heteroatoms. The summed E-state index contributed by atoms with van der Waals surface area (Å²) in [5.74, 6) is -0.712. The molecule has 5 nitrogen and oxygen atoms in total. The lowest BCUT2D eigenvalue weighted by Gasteiger charge is -2.11. The summed E-state index contributed by atoms with van der Waals surface area (Å²) in [6.45, 7) is 3.67. The first-order chi connectivity index (χ1) is 12.9. The number of nitrogens with zero attached hydrogens (tertiary/aromatic N) is 2. The topological polar surface area (TPSA) is 68.0 Å². The van der Waals surface area contributed by atoms with Crippen molar-refractivity contribution in [3.8, 4) is 11.4 Å². The van der Waals surface area contributed by atoms with Gasteiger partial charge in [0.1, 0.15) is 11.6 Å². The van der Waals surface area contributed by atoms with Crippen LogP contribution in [0.2, 0.25) is 0 Å². The summed E-state index contributed by atoms with van der Waals surface area (Å²) in [5, 5.41) is 5.89. The van der Waals surface area contributed by atoms with Crippen LogP contribution in [0.15, 0.2) is 47.0 Å². The summed E-state index contributed by atoms with van der Waals surface area (Å²) in [5.41, 5.74) is 1.92. The Balaban J connectivity index is 1.56. The molecule has 140 valence electrons. The minimum absolute atomic E-state index is 0.0618. The average molecular weight is 389 g/mol. The second-order valence-electron chi connectivity index (χ2n) is 5.94. The number of carbonyl (C=O) groups excluding carboxylic acids is 1. The van der Waals surface area contributed by atoms with Crippen molar-refractivity contribution in [1.29, 1.82) is 0 Å². The highest BCUT2D eigenvalue weighted by atomic mass is 32.2. The molecule has 0 saturated heterocycles. The molecule has 0 saturated carbocycles. The molecule has 0 fully saturated rings. The predicted molar refractivity (Wildman–Crippen MR) is 100 cm³/mol. The fourth-order valence-corrected chi connectivity index (χ4v) is 2.95. The van der Waals surface area contributed by atoms with Gasteiger partial charge < -0.3 is 9.84 Å². The van der Waals surface area contributed by atoms with Crippen LogP contribution in [-0.2, 0) is 10.5 Å². The Kier molecular flexibility index (Phi) is 5.85. The number of thioether (sulfide) groups is 1. The van der Waals surface area contributed by atoms with E-state index in [0.717, 1.165) is 23.3 Å². The fraction of sp³-hybridized carbons (Fsp3) is 0.211. The second-order valence-corrected chi connectivity index (χ2v) is 7.27. The molecule has 1 heterocycles. The van der Waals surface area contributed by atoms with E-state index >= 15 is 0 Å². The Morgan fingerprint density at radius 1 is 1.22 bits per heavy atom. The number of anilines is 1. The zero-order chi connectivity index (χ0) is 19.4. The third-order valence-electron chi connectivity index (χ3n) is 3.79. The van der Waals surface area contributed by atoms with Crippen molar-refractivity contribution < 1.29 is 18.1 Å². The Morgan fingerprint density at radius 3 is 2.67 bits per heavy atom. The lowest BCUT2D eigenvalue weighted by atomic mass is 10.1. The van der Waals surface area contributed by atoms with Crippen molar-refractivity contribution in [2.24, 2.45) is 0 Å². The van der Waals surface area contributed by atoms with Gasteiger partial charge in [0.25, 0.3) is 0 Å². The minimum atomic E-state index is -0.819. The molecule has 2 aromatic carbocycles. The number of carbonyl (C=O) groups is 1. The molecule has 27 heavy (non-hydrogen) atoms. The van der Waals surface area contributed by atoms with Crippen LogP contribution in [0.1, 0.15) is 18.4 Å². The maximum atomic E-state index is 13.6. The summed E-state index contributed by atoms with van der Waals surface area (Å²) in [6.07, 6.45) is 0. The Hall–Kier alpha value is -2.74. The molecule has 0 aliphatic carbocycles. The summed E-state index contributed by atoms with van der Waals surface area (Å²) in [4.78, 5) is 16.5. The van der Waals surface area contributed by atoms with E-state index in [0.29, 0.717) is 17.5 Å². The zero-order valence-corrected chi connectivity index (χ0v) is 15.5. The first kappa shape index (κ1) is 19.0. The molecule has 0 radical (unpaired) electrons. The number of benzene rings is 2.